The summed E-state index contributed by atoms with van der Waals surface area (Å²) in [5.74, 6) is -1.98. The second kappa shape index (κ2) is 10.4. The molecule has 156 valence electrons. The third-order valence-electron chi connectivity index (χ3n) is 3.65. The van der Waals surface area contributed by atoms with Crippen molar-refractivity contribution >= 4 is 35.2 Å². The van der Waals surface area contributed by atoms with Crippen molar-refractivity contribution in [3.05, 3.63) is 69.9 Å². The van der Waals surface area contributed by atoms with E-state index < -0.39 is 29.3 Å². The van der Waals surface area contributed by atoms with Gasteiger partial charge in [-0.1, -0.05) is 30.3 Å². The Morgan fingerprint density at radius 1 is 1.13 bits per heavy atom. The number of carbonyl (C=O) groups excluding carboxylic acids is 3. The summed E-state index contributed by atoms with van der Waals surface area (Å²) >= 11 is 0. The number of ether oxygens (including phenoxy) is 2. The maximum atomic E-state index is 12.3. The Hall–Kier alpha value is -4.21. The molecule has 0 bridgehead atoms. The highest BCUT2D eigenvalue weighted by atomic mass is 16.6. The highest BCUT2D eigenvalue weighted by Crippen LogP contribution is 2.28. The molecule has 0 saturated heterocycles. The number of nitrogens with zero attached hydrogens (tertiary/aromatic N) is 1. The van der Waals surface area contributed by atoms with Crippen LogP contribution in [0.25, 0.3) is 6.08 Å². The summed E-state index contributed by atoms with van der Waals surface area (Å²) in [5, 5.41) is 15.8. The summed E-state index contributed by atoms with van der Waals surface area (Å²) in [6.45, 7) is 0.509. The van der Waals surface area contributed by atoms with Crippen LogP contribution in [0.1, 0.15) is 12.5 Å². The number of amides is 2. The van der Waals surface area contributed by atoms with Crippen molar-refractivity contribution in [1.82, 2.24) is 5.32 Å². The summed E-state index contributed by atoms with van der Waals surface area (Å²) in [6, 6.07) is 12.6. The normalized spacial score (nSPS) is 10.7. The number of nitro groups is 1. The summed E-state index contributed by atoms with van der Waals surface area (Å²) in [4.78, 5) is 46.2. The molecule has 0 aliphatic heterocycles. The molecular formula is C20H19N3O7. The first kappa shape index (κ1) is 22.1. The number of esters is 1. The summed E-state index contributed by atoms with van der Waals surface area (Å²) in [7, 11) is 1.35. The Morgan fingerprint density at radius 2 is 1.83 bits per heavy atom. The molecule has 0 aromatic heterocycles. The first-order valence-corrected chi connectivity index (χ1v) is 8.64. The molecule has 0 saturated carbocycles. The van der Waals surface area contributed by atoms with Crippen molar-refractivity contribution in [1.29, 1.82) is 0 Å². The van der Waals surface area contributed by atoms with E-state index in [9.17, 15) is 24.5 Å². The van der Waals surface area contributed by atoms with E-state index in [1.807, 2.05) is 0 Å². The third-order valence-corrected chi connectivity index (χ3v) is 3.65. The van der Waals surface area contributed by atoms with E-state index in [1.165, 1.54) is 32.2 Å². The Bertz CT molecular complexity index is 987. The summed E-state index contributed by atoms with van der Waals surface area (Å²) in [6.07, 6.45) is 1.40. The van der Waals surface area contributed by atoms with Gasteiger partial charge in [0.15, 0.2) is 6.61 Å². The molecule has 0 spiro atoms. The van der Waals surface area contributed by atoms with Gasteiger partial charge in [-0.25, -0.2) is 4.79 Å². The van der Waals surface area contributed by atoms with E-state index in [4.69, 9.17) is 9.47 Å². The number of carbonyl (C=O) groups is 3. The van der Waals surface area contributed by atoms with Gasteiger partial charge in [-0.3, -0.25) is 19.7 Å². The van der Waals surface area contributed by atoms with Gasteiger partial charge in [-0.05, 0) is 23.8 Å². The third kappa shape index (κ3) is 6.44. The molecule has 2 aromatic carbocycles. The van der Waals surface area contributed by atoms with Gasteiger partial charge in [-0.15, -0.1) is 0 Å². The van der Waals surface area contributed by atoms with Crippen molar-refractivity contribution in [3.63, 3.8) is 0 Å². The number of anilines is 1. The maximum Gasteiger partial charge on any atom is 0.355 e. The molecule has 10 heteroatoms. The van der Waals surface area contributed by atoms with Crippen molar-refractivity contribution in [2.45, 2.75) is 6.92 Å². The number of rotatable bonds is 8. The zero-order valence-corrected chi connectivity index (χ0v) is 16.2. The van der Waals surface area contributed by atoms with Crippen LogP contribution in [-0.2, 0) is 19.1 Å². The summed E-state index contributed by atoms with van der Waals surface area (Å²) < 4.78 is 9.85. The summed E-state index contributed by atoms with van der Waals surface area (Å²) in [5.41, 5.74) is 0.0223. The Balaban J connectivity index is 2.07. The Kier molecular flexibility index (Phi) is 7.63. The first-order chi connectivity index (χ1) is 14.3. The number of methoxy groups -OCH3 is 1. The monoisotopic (exact) mass is 413 g/mol. The predicted molar refractivity (Wildman–Crippen MR) is 107 cm³/mol. The van der Waals surface area contributed by atoms with Crippen LogP contribution in [0.5, 0.6) is 5.75 Å². The fraction of sp³-hybridized carbons (Fsp3) is 0.150. The fourth-order valence-corrected chi connectivity index (χ4v) is 2.34. The molecule has 0 atom stereocenters. The smallest absolute Gasteiger partial charge is 0.355 e. The van der Waals surface area contributed by atoms with E-state index in [-0.39, 0.29) is 22.8 Å². The Labute approximate surface area is 171 Å². The van der Waals surface area contributed by atoms with Gasteiger partial charge in [0.2, 0.25) is 5.91 Å². The average Bonchev–Trinajstić information content (AvgIpc) is 2.72. The van der Waals surface area contributed by atoms with Crippen LogP contribution in [0.2, 0.25) is 0 Å². The maximum absolute atomic E-state index is 12.3. The molecular weight excluding hydrogens is 394 g/mol. The van der Waals surface area contributed by atoms with E-state index in [2.05, 4.69) is 10.6 Å². The van der Waals surface area contributed by atoms with Gasteiger partial charge in [0.1, 0.15) is 17.1 Å². The lowest BCUT2D eigenvalue weighted by molar-refractivity contribution is -0.384. The van der Waals surface area contributed by atoms with Crippen LogP contribution in [-0.4, -0.2) is 36.4 Å². The van der Waals surface area contributed by atoms with Crippen molar-refractivity contribution in [2.75, 3.05) is 19.0 Å². The molecule has 2 aromatic rings. The van der Waals surface area contributed by atoms with E-state index in [0.717, 1.165) is 6.07 Å². The van der Waals surface area contributed by atoms with Gasteiger partial charge in [0.05, 0.1) is 18.1 Å². The standard InChI is InChI=1S/C20H19N3O7/c1-13(24)21-17(10-14-6-4-3-5-7-14)20(26)30-12-19(25)22-16-9-8-15(29-2)11-18(16)23(27)28/h3-11H,12H2,1-2H3,(H,21,24)(H,22,25)/b17-10-. The van der Waals surface area contributed by atoms with Crippen molar-refractivity contribution in [3.8, 4) is 5.75 Å². The highest BCUT2D eigenvalue weighted by molar-refractivity contribution is 6.00. The second-order valence-electron chi connectivity index (χ2n) is 5.91. The molecule has 10 nitrogen and oxygen atoms in total. The minimum Gasteiger partial charge on any atom is -0.496 e. The van der Waals surface area contributed by atoms with Gasteiger partial charge < -0.3 is 20.1 Å². The van der Waals surface area contributed by atoms with Gasteiger partial charge in [0, 0.05) is 6.92 Å². The largest absolute Gasteiger partial charge is 0.496 e. The number of hydrogen-bond donors (Lipinski definition) is 2. The van der Waals surface area contributed by atoms with Crippen LogP contribution >= 0.6 is 0 Å². The molecule has 0 radical (unpaired) electrons. The van der Waals surface area contributed by atoms with Crippen molar-refractivity contribution < 1.29 is 28.8 Å². The van der Waals surface area contributed by atoms with E-state index in [1.54, 1.807) is 30.3 Å². The lowest BCUT2D eigenvalue weighted by Crippen LogP contribution is -2.29. The zero-order chi connectivity index (χ0) is 22.1. The molecule has 0 aliphatic carbocycles. The van der Waals surface area contributed by atoms with Crippen LogP contribution in [0.3, 0.4) is 0 Å². The molecule has 0 unspecified atom stereocenters. The topological polar surface area (TPSA) is 137 Å². The SMILES string of the molecule is COc1ccc(NC(=O)COC(=O)/C(=C/c2ccccc2)NC(C)=O)c([N+](=O)[O-])c1. The quantitative estimate of drug-likeness (QED) is 0.293. The fourth-order valence-electron chi connectivity index (χ4n) is 2.34. The predicted octanol–water partition coefficient (Wildman–Crippen LogP) is 2.26. The molecule has 30 heavy (non-hydrogen) atoms. The van der Waals surface area contributed by atoms with Gasteiger partial charge >= 0.3 is 5.97 Å². The highest BCUT2D eigenvalue weighted by Gasteiger charge is 2.19. The second-order valence-corrected chi connectivity index (χ2v) is 5.91. The zero-order valence-electron chi connectivity index (χ0n) is 16.2. The minimum absolute atomic E-state index is 0.0799. The lowest BCUT2D eigenvalue weighted by atomic mass is 10.2. The van der Waals surface area contributed by atoms with Gasteiger partial charge in [-0.2, -0.15) is 0 Å². The van der Waals surface area contributed by atoms with Crippen LogP contribution in [0, 0.1) is 10.1 Å². The van der Waals surface area contributed by atoms with E-state index in [0.29, 0.717) is 5.56 Å². The average molecular weight is 413 g/mol. The Morgan fingerprint density at radius 3 is 2.43 bits per heavy atom. The van der Waals surface area contributed by atoms with Crippen LogP contribution < -0.4 is 15.4 Å². The first-order valence-electron chi connectivity index (χ1n) is 8.64. The number of benzene rings is 2. The number of nitro benzene ring substituents is 1. The van der Waals surface area contributed by atoms with Gasteiger partial charge in [0.25, 0.3) is 11.6 Å². The number of nitrogens with one attached hydrogen (secondary N) is 2. The molecule has 0 aliphatic rings. The molecule has 2 N–H and O–H groups in total. The number of hydrogen-bond acceptors (Lipinski definition) is 7. The lowest BCUT2D eigenvalue weighted by Gasteiger charge is -2.10. The molecule has 2 amide bonds. The van der Waals surface area contributed by atoms with Crippen molar-refractivity contribution in [2.24, 2.45) is 0 Å². The van der Waals surface area contributed by atoms with Crippen LogP contribution in [0.15, 0.2) is 54.2 Å². The molecule has 2 rings (SSSR count). The molecule has 0 fully saturated rings. The van der Waals surface area contributed by atoms with Crippen LogP contribution in [0.4, 0.5) is 11.4 Å². The minimum atomic E-state index is -0.937. The molecule has 0 heterocycles. The van der Waals surface area contributed by atoms with E-state index >= 15 is 0 Å².